The molecule has 10 heteroatoms. The number of carbonyl (C=O) groups excluding carboxylic acids is 2. The van der Waals surface area contributed by atoms with Crippen molar-refractivity contribution in [2.45, 2.75) is 31.7 Å². The van der Waals surface area contributed by atoms with E-state index < -0.39 is 15.9 Å². The van der Waals surface area contributed by atoms with Crippen LogP contribution in [0.2, 0.25) is 0 Å². The van der Waals surface area contributed by atoms with E-state index in [-0.39, 0.29) is 48.0 Å². The summed E-state index contributed by atoms with van der Waals surface area (Å²) in [5.41, 5.74) is 1.07. The van der Waals surface area contributed by atoms with Gasteiger partial charge in [0.25, 0.3) is 5.91 Å². The number of amides is 2. The van der Waals surface area contributed by atoms with Gasteiger partial charge in [-0.25, -0.2) is 8.42 Å². The fraction of sp³-hybridized carbons (Fsp3) is 0.440. The first-order valence-corrected chi connectivity index (χ1v) is 13.1. The molecule has 1 saturated heterocycles. The number of sulfonamides is 1. The largest absolute Gasteiger partial charge is 0.496 e. The molecule has 0 aliphatic carbocycles. The van der Waals surface area contributed by atoms with E-state index in [1.807, 2.05) is 32.0 Å². The molecular formula is C25H31N3O6S. The number of rotatable bonds is 7. The van der Waals surface area contributed by atoms with Crippen LogP contribution in [0.5, 0.6) is 11.5 Å². The van der Waals surface area contributed by atoms with Crippen LogP contribution in [0.3, 0.4) is 0 Å². The third-order valence-corrected chi connectivity index (χ3v) is 8.14. The van der Waals surface area contributed by atoms with Crippen molar-refractivity contribution >= 4 is 27.5 Å². The SMILES string of the molecule is COc1ccccc1CNC(=O)CN1C(=O)COc2ccc(S(=O)(=O)N3C[C@H](C)C[C@@H](C)C3)cc21. The van der Waals surface area contributed by atoms with Gasteiger partial charge >= 0.3 is 0 Å². The lowest BCUT2D eigenvalue weighted by molar-refractivity contribution is -0.125. The first-order chi connectivity index (χ1) is 16.7. The molecule has 1 fully saturated rings. The molecule has 2 atom stereocenters. The number of hydrogen-bond acceptors (Lipinski definition) is 6. The minimum absolute atomic E-state index is 0.0790. The zero-order valence-corrected chi connectivity index (χ0v) is 21.0. The molecule has 2 aromatic rings. The molecule has 0 bridgehead atoms. The second-order valence-electron chi connectivity index (χ2n) is 9.25. The second kappa shape index (κ2) is 10.2. The van der Waals surface area contributed by atoms with Crippen LogP contribution in [-0.4, -0.2) is 57.9 Å². The van der Waals surface area contributed by atoms with Gasteiger partial charge in [-0.1, -0.05) is 32.0 Å². The van der Waals surface area contributed by atoms with E-state index in [0.29, 0.717) is 24.6 Å². The molecule has 0 aromatic heterocycles. The number of nitrogens with one attached hydrogen (secondary N) is 1. The lowest BCUT2D eigenvalue weighted by atomic mass is 9.94. The number of benzene rings is 2. The van der Waals surface area contributed by atoms with Crippen molar-refractivity contribution in [2.24, 2.45) is 11.8 Å². The van der Waals surface area contributed by atoms with Crippen LogP contribution in [0.4, 0.5) is 5.69 Å². The predicted molar refractivity (Wildman–Crippen MR) is 131 cm³/mol. The van der Waals surface area contributed by atoms with Crippen molar-refractivity contribution in [3.63, 3.8) is 0 Å². The molecule has 2 aliphatic rings. The number of piperidine rings is 1. The topological polar surface area (TPSA) is 105 Å². The van der Waals surface area contributed by atoms with Gasteiger partial charge in [0.1, 0.15) is 18.0 Å². The molecule has 4 rings (SSSR count). The smallest absolute Gasteiger partial charge is 0.265 e. The first-order valence-electron chi connectivity index (χ1n) is 11.6. The molecule has 35 heavy (non-hydrogen) atoms. The highest BCUT2D eigenvalue weighted by Crippen LogP contribution is 2.36. The molecule has 0 radical (unpaired) electrons. The summed E-state index contributed by atoms with van der Waals surface area (Å²) in [4.78, 5) is 26.7. The maximum Gasteiger partial charge on any atom is 0.265 e. The number of para-hydroxylation sites is 1. The lowest BCUT2D eigenvalue weighted by Gasteiger charge is -2.34. The Hall–Kier alpha value is -3.11. The molecule has 2 amide bonds. The Balaban J connectivity index is 1.53. The van der Waals surface area contributed by atoms with Crippen molar-refractivity contribution in [3.8, 4) is 11.5 Å². The van der Waals surface area contributed by atoms with Gasteiger partial charge in [-0.3, -0.25) is 14.5 Å². The summed E-state index contributed by atoms with van der Waals surface area (Å²) in [5.74, 6) is 0.737. The average Bonchev–Trinajstić information content (AvgIpc) is 2.83. The zero-order chi connectivity index (χ0) is 25.2. The van der Waals surface area contributed by atoms with Crippen molar-refractivity contribution in [2.75, 3.05) is 38.3 Å². The summed E-state index contributed by atoms with van der Waals surface area (Å²) in [6, 6.07) is 11.8. The van der Waals surface area contributed by atoms with Gasteiger partial charge in [0.2, 0.25) is 15.9 Å². The Morgan fingerprint density at radius 2 is 1.86 bits per heavy atom. The van der Waals surface area contributed by atoms with Gasteiger partial charge in [-0.05, 0) is 42.5 Å². The number of methoxy groups -OCH3 is 1. The molecule has 2 aromatic carbocycles. The fourth-order valence-corrected chi connectivity index (χ4v) is 6.41. The van der Waals surface area contributed by atoms with Crippen LogP contribution in [0.25, 0.3) is 0 Å². The van der Waals surface area contributed by atoms with Gasteiger partial charge in [0.15, 0.2) is 6.61 Å². The maximum absolute atomic E-state index is 13.4. The average molecular weight is 502 g/mol. The quantitative estimate of drug-likeness (QED) is 0.625. The molecule has 2 aliphatic heterocycles. The minimum atomic E-state index is -3.76. The van der Waals surface area contributed by atoms with Crippen molar-refractivity contribution < 1.29 is 27.5 Å². The minimum Gasteiger partial charge on any atom is -0.496 e. The number of anilines is 1. The number of hydrogen-bond donors (Lipinski definition) is 1. The number of ether oxygens (including phenoxy) is 2. The van der Waals surface area contributed by atoms with Crippen molar-refractivity contribution in [3.05, 3.63) is 48.0 Å². The van der Waals surface area contributed by atoms with Crippen LogP contribution >= 0.6 is 0 Å². The highest BCUT2D eigenvalue weighted by Gasteiger charge is 2.34. The maximum atomic E-state index is 13.4. The monoisotopic (exact) mass is 501 g/mol. The highest BCUT2D eigenvalue weighted by molar-refractivity contribution is 7.89. The zero-order valence-electron chi connectivity index (χ0n) is 20.2. The van der Waals surface area contributed by atoms with Crippen LogP contribution in [0.15, 0.2) is 47.4 Å². The van der Waals surface area contributed by atoms with E-state index in [4.69, 9.17) is 9.47 Å². The Kier molecular flexibility index (Phi) is 7.32. The van der Waals surface area contributed by atoms with Crippen LogP contribution in [0, 0.1) is 11.8 Å². The molecule has 2 heterocycles. The Morgan fingerprint density at radius 1 is 1.14 bits per heavy atom. The molecule has 0 unspecified atom stereocenters. The Labute approximate surface area is 206 Å². The van der Waals surface area contributed by atoms with E-state index in [2.05, 4.69) is 5.32 Å². The summed E-state index contributed by atoms with van der Waals surface area (Å²) in [7, 11) is -2.20. The number of carbonyl (C=O) groups is 2. The number of fused-ring (bicyclic) bond motifs is 1. The van der Waals surface area contributed by atoms with Gasteiger partial charge in [-0.15, -0.1) is 0 Å². The Bertz CT molecular complexity index is 1210. The van der Waals surface area contributed by atoms with E-state index in [0.717, 1.165) is 12.0 Å². The van der Waals surface area contributed by atoms with Crippen LogP contribution in [0.1, 0.15) is 25.8 Å². The normalized spacial score (nSPS) is 20.7. The predicted octanol–water partition coefficient (Wildman–Crippen LogP) is 2.40. The summed E-state index contributed by atoms with van der Waals surface area (Å²) in [6.45, 7) is 4.74. The summed E-state index contributed by atoms with van der Waals surface area (Å²) >= 11 is 0. The van der Waals surface area contributed by atoms with Crippen LogP contribution in [-0.2, 0) is 26.2 Å². The molecular weight excluding hydrogens is 470 g/mol. The molecule has 9 nitrogen and oxygen atoms in total. The van der Waals surface area contributed by atoms with E-state index in [1.54, 1.807) is 19.2 Å². The van der Waals surface area contributed by atoms with Crippen molar-refractivity contribution in [1.82, 2.24) is 9.62 Å². The summed E-state index contributed by atoms with van der Waals surface area (Å²) in [6.07, 6.45) is 0.982. The van der Waals surface area contributed by atoms with E-state index >= 15 is 0 Å². The molecule has 0 saturated carbocycles. The molecule has 1 N–H and O–H groups in total. The highest BCUT2D eigenvalue weighted by atomic mass is 32.2. The van der Waals surface area contributed by atoms with E-state index in [1.165, 1.54) is 21.3 Å². The third-order valence-electron chi connectivity index (χ3n) is 6.32. The Morgan fingerprint density at radius 3 is 2.57 bits per heavy atom. The second-order valence-corrected chi connectivity index (χ2v) is 11.2. The molecule has 188 valence electrons. The summed E-state index contributed by atoms with van der Waals surface area (Å²) in [5, 5.41) is 2.80. The van der Waals surface area contributed by atoms with Gasteiger partial charge in [0, 0.05) is 25.2 Å². The lowest BCUT2D eigenvalue weighted by Crippen LogP contribution is -2.45. The first kappa shape index (κ1) is 25.0. The fourth-order valence-electron chi connectivity index (χ4n) is 4.71. The van der Waals surface area contributed by atoms with Gasteiger partial charge in [-0.2, -0.15) is 4.31 Å². The van der Waals surface area contributed by atoms with Crippen molar-refractivity contribution in [1.29, 1.82) is 0 Å². The summed E-state index contributed by atoms with van der Waals surface area (Å²) < 4.78 is 39.1. The number of nitrogens with zero attached hydrogens (tertiary/aromatic N) is 2. The van der Waals surface area contributed by atoms with E-state index in [9.17, 15) is 18.0 Å². The standard InChI is InChI=1S/C25H31N3O6S/c1-17-10-18(2)14-27(13-17)35(31,32)20-8-9-23-21(11-20)28(25(30)16-34-23)15-24(29)26-12-19-6-4-5-7-22(19)33-3/h4-9,11,17-18H,10,12-16H2,1-3H3,(H,26,29)/t17-,18-/m1/s1. The van der Waals surface area contributed by atoms with Crippen LogP contribution < -0.4 is 19.7 Å². The molecule has 0 spiro atoms. The van der Waals surface area contributed by atoms with Gasteiger partial charge in [0.05, 0.1) is 17.7 Å². The van der Waals surface area contributed by atoms with Gasteiger partial charge < -0.3 is 14.8 Å². The third kappa shape index (κ3) is 5.43.